The van der Waals surface area contributed by atoms with Gasteiger partial charge in [0.1, 0.15) is 11.0 Å². The number of carbonyl (C=O) groups is 1. The van der Waals surface area contributed by atoms with Gasteiger partial charge in [0.25, 0.3) is 0 Å². The van der Waals surface area contributed by atoms with Gasteiger partial charge in [0, 0.05) is 5.75 Å². The second-order valence-corrected chi connectivity index (χ2v) is 5.53. The Balaban J connectivity index is 2.14. The molecule has 2 aromatic rings. The van der Waals surface area contributed by atoms with E-state index in [1.165, 1.54) is 5.75 Å². The Kier molecular flexibility index (Phi) is 2.95. The first kappa shape index (κ1) is 11.5. The van der Waals surface area contributed by atoms with Gasteiger partial charge in [0.05, 0.1) is 11.6 Å². The van der Waals surface area contributed by atoms with Gasteiger partial charge >= 0.3 is 5.97 Å². The van der Waals surface area contributed by atoms with Gasteiger partial charge in [-0.05, 0) is 30.7 Å². The van der Waals surface area contributed by atoms with Crippen molar-refractivity contribution in [3.05, 3.63) is 23.8 Å². The number of rotatable bonds is 2. The first-order chi connectivity index (χ1) is 8.77. The molecule has 1 fully saturated rings. The summed E-state index contributed by atoms with van der Waals surface area (Å²) in [5, 5.41) is 17.5. The average Bonchev–Trinajstić information content (AvgIpc) is 2.83. The third-order valence-corrected chi connectivity index (χ3v) is 4.40. The van der Waals surface area contributed by atoms with Crippen molar-refractivity contribution in [2.45, 2.75) is 18.9 Å². The minimum absolute atomic E-state index is 0.259. The largest absolute Gasteiger partial charge is 0.478 e. The first-order valence-corrected chi connectivity index (χ1v) is 7.08. The second-order valence-electron chi connectivity index (χ2n) is 4.38. The van der Waals surface area contributed by atoms with E-state index in [1.807, 2.05) is 11.8 Å². The summed E-state index contributed by atoms with van der Waals surface area (Å²) in [6, 6.07) is 5.39. The zero-order valence-corrected chi connectivity index (χ0v) is 10.6. The van der Waals surface area contributed by atoms with E-state index in [1.54, 1.807) is 22.9 Å². The molecule has 0 radical (unpaired) electrons. The highest BCUT2D eigenvalue weighted by Crippen LogP contribution is 2.29. The molecule has 1 aromatic carbocycles. The van der Waals surface area contributed by atoms with Crippen LogP contribution in [-0.2, 0) is 0 Å². The summed E-state index contributed by atoms with van der Waals surface area (Å²) in [5.74, 6) is 1.23. The molecule has 5 nitrogen and oxygen atoms in total. The zero-order chi connectivity index (χ0) is 12.5. The molecular formula is C12H13N3O2S. The van der Waals surface area contributed by atoms with E-state index in [0.717, 1.165) is 18.6 Å². The fourth-order valence-corrected chi connectivity index (χ4v) is 3.46. The first-order valence-electron chi connectivity index (χ1n) is 5.92. The van der Waals surface area contributed by atoms with Crippen LogP contribution in [0.25, 0.3) is 11.0 Å². The third kappa shape index (κ3) is 1.86. The zero-order valence-electron chi connectivity index (χ0n) is 9.74. The second kappa shape index (κ2) is 4.61. The Morgan fingerprint density at radius 1 is 1.50 bits per heavy atom. The van der Waals surface area contributed by atoms with Crippen molar-refractivity contribution in [2.24, 2.45) is 0 Å². The molecule has 18 heavy (non-hydrogen) atoms. The summed E-state index contributed by atoms with van der Waals surface area (Å²) in [7, 11) is 0. The normalized spacial score (nSPS) is 20.1. The molecule has 1 aromatic heterocycles. The molecule has 1 saturated heterocycles. The molecule has 1 N–H and O–H groups in total. The summed E-state index contributed by atoms with van der Waals surface area (Å²) in [6.45, 7) is 0. The van der Waals surface area contributed by atoms with Crippen molar-refractivity contribution in [3.8, 4) is 0 Å². The molecule has 0 saturated carbocycles. The Bertz CT molecular complexity index is 590. The molecule has 1 atom stereocenters. The van der Waals surface area contributed by atoms with Crippen molar-refractivity contribution in [3.63, 3.8) is 0 Å². The lowest BCUT2D eigenvalue weighted by Gasteiger charge is -2.22. The van der Waals surface area contributed by atoms with Crippen LogP contribution in [0.1, 0.15) is 29.2 Å². The molecule has 1 aliphatic heterocycles. The number of thioether (sulfide) groups is 1. The fourth-order valence-electron chi connectivity index (χ4n) is 2.34. The highest BCUT2D eigenvalue weighted by atomic mass is 32.2. The van der Waals surface area contributed by atoms with E-state index < -0.39 is 5.97 Å². The molecule has 0 aliphatic carbocycles. The number of carboxylic acid groups (broad SMARTS) is 1. The Hall–Kier alpha value is -1.56. The Morgan fingerprint density at radius 3 is 3.11 bits per heavy atom. The summed E-state index contributed by atoms with van der Waals surface area (Å²) < 4.78 is 1.80. The minimum Gasteiger partial charge on any atom is -0.478 e. The molecule has 6 heteroatoms. The Morgan fingerprint density at radius 2 is 2.39 bits per heavy atom. The van der Waals surface area contributed by atoms with E-state index in [-0.39, 0.29) is 11.6 Å². The fraction of sp³-hybridized carbons (Fsp3) is 0.417. The van der Waals surface area contributed by atoms with Gasteiger partial charge in [0.15, 0.2) is 0 Å². The smallest absolute Gasteiger partial charge is 0.337 e. The predicted octanol–water partition coefficient (Wildman–Crippen LogP) is 2.20. The molecule has 0 bridgehead atoms. The third-order valence-electron chi connectivity index (χ3n) is 3.21. The van der Waals surface area contributed by atoms with Crippen molar-refractivity contribution >= 4 is 28.8 Å². The average molecular weight is 263 g/mol. The number of hydrogen-bond donors (Lipinski definition) is 1. The van der Waals surface area contributed by atoms with Crippen molar-refractivity contribution in [1.82, 2.24) is 15.0 Å². The van der Waals surface area contributed by atoms with Crippen LogP contribution in [0.4, 0.5) is 0 Å². The Labute approximate surface area is 108 Å². The number of aromatic carboxylic acids is 1. The van der Waals surface area contributed by atoms with Gasteiger partial charge in [-0.25, -0.2) is 9.48 Å². The van der Waals surface area contributed by atoms with Crippen LogP contribution in [0.5, 0.6) is 0 Å². The number of carboxylic acids is 1. The quantitative estimate of drug-likeness (QED) is 0.899. The minimum atomic E-state index is -0.924. The number of aromatic nitrogens is 3. The number of nitrogens with zero attached hydrogens (tertiary/aromatic N) is 3. The SMILES string of the molecule is O=C(O)c1cccc2nnn(C3CCCSC3)c12. The summed E-state index contributed by atoms with van der Waals surface area (Å²) in [4.78, 5) is 11.3. The van der Waals surface area contributed by atoms with Crippen LogP contribution in [0.3, 0.4) is 0 Å². The van der Waals surface area contributed by atoms with E-state index in [2.05, 4.69) is 10.3 Å². The van der Waals surface area contributed by atoms with Gasteiger partial charge in [-0.15, -0.1) is 5.10 Å². The van der Waals surface area contributed by atoms with Gasteiger partial charge in [-0.2, -0.15) is 11.8 Å². The van der Waals surface area contributed by atoms with Gasteiger partial charge in [0.2, 0.25) is 0 Å². The molecule has 3 rings (SSSR count). The topological polar surface area (TPSA) is 68.0 Å². The molecule has 0 spiro atoms. The van der Waals surface area contributed by atoms with Gasteiger partial charge in [-0.1, -0.05) is 11.3 Å². The van der Waals surface area contributed by atoms with E-state index in [4.69, 9.17) is 0 Å². The highest BCUT2D eigenvalue weighted by molar-refractivity contribution is 7.99. The maximum absolute atomic E-state index is 11.3. The molecule has 94 valence electrons. The lowest BCUT2D eigenvalue weighted by Crippen LogP contribution is -2.18. The maximum Gasteiger partial charge on any atom is 0.337 e. The molecule has 1 unspecified atom stereocenters. The molecule has 0 amide bonds. The van der Waals surface area contributed by atoms with Crippen molar-refractivity contribution < 1.29 is 9.90 Å². The standard InChI is InChI=1S/C12H13N3O2S/c16-12(17)9-4-1-5-10-11(9)15(14-13-10)8-3-2-6-18-7-8/h1,4-5,8H,2-3,6-7H2,(H,16,17). The highest BCUT2D eigenvalue weighted by Gasteiger charge is 2.22. The van der Waals surface area contributed by atoms with Gasteiger partial charge < -0.3 is 5.11 Å². The number of benzene rings is 1. The van der Waals surface area contributed by atoms with Crippen LogP contribution in [0.15, 0.2) is 18.2 Å². The van der Waals surface area contributed by atoms with Crippen LogP contribution in [0.2, 0.25) is 0 Å². The monoisotopic (exact) mass is 263 g/mol. The lowest BCUT2D eigenvalue weighted by molar-refractivity contribution is 0.0698. The number of fused-ring (bicyclic) bond motifs is 1. The lowest BCUT2D eigenvalue weighted by atomic mass is 10.1. The van der Waals surface area contributed by atoms with Crippen molar-refractivity contribution in [1.29, 1.82) is 0 Å². The van der Waals surface area contributed by atoms with E-state index in [9.17, 15) is 9.90 Å². The maximum atomic E-state index is 11.3. The number of hydrogen-bond acceptors (Lipinski definition) is 4. The molecular weight excluding hydrogens is 250 g/mol. The molecule has 2 heterocycles. The van der Waals surface area contributed by atoms with Gasteiger partial charge in [-0.3, -0.25) is 0 Å². The van der Waals surface area contributed by atoms with Crippen LogP contribution in [0, 0.1) is 0 Å². The predicted molar refractivity (Wildman–Crippen MR) is 70.1 cm³/mol. The summed E-state index contributed by atoms with van der Waals surface area (Å²) in [6.07, 6.45) is 2.19. The summed E-state index contributed by atoms with van der Waals surface area (Å²) >= 11 is 1.89. The molecule has 1 aliphatic rings. The van der Waals surface area contributed by atoms with Crippen LogP contribution < -0.4 is 0 Å². The van der Waals surface area contributed by atoms with E-state index >= 15 is 0 Å². The summed E-state index contributed by atoms with van der Waals surface area (Å²) in [5.41, 5.74) is 1.59. The number of para-hydroxylation sites is 1. The van der Waals surface area contributed by atoms with Crippen molar-refractivity contribution in [2.75, 3.05) is 11.5 Å². The van der Waals surface area contributed by atoms with Crippen LogP contribution in [-0.4, -0.2) is 37.6 Å². The van der Waals surface area contributed by atoms with E-state index in [0.29, 0.717) is 11.0 Å². The van der Waals surface area contributed by atoms with Crippen LogP contribution >= 0.6 is 11.8 Å².